The van der Waals surface area contributed by atoms with Crippen LogP contribution in [0, 0.1) is 11.6 Å². The smallest absolute Gasteiger partial charge is 0.330 e. The fourth-order valence-corrected chi connectivity index (χ4v) is 3.42. The Morgan fingerprint density at radius 3 is 2.47 bits per heavy atom. The molecule has 180 valence electrons. The first-order valence-corrected chi connectivity index (χ1v) is 10.5. The predicted molar refractivity (Wildman–Crippen MR) is 125 cm³/mol. The van der Waals surface area contributed by atoms with Gasteiger partial charge in [-0.2, -0.15) is 0 Å². The van der Waals surface area contributed by atoms with E-state index in [2.05, 4.69) is 10.3 Å². The molecule has 3 rings (SSSR count). The standard InChI is InChI=1S/C23H25F2N5O4/c1-34-9-5-8-29(19(31)13-27-18-11-16(24)10-17(25)12-18)20-21(26)30(23(33)28-22(20)32)14-15-6-3-2-4-7-15/h2-4,6-7,10-12,27H,5,8-9,13-14,26H2,1H3,(H,28,32,33). The van der Waals surface area contributed by atoms with Gasteiger partial charge in [-0.3, -0.25) is 19.1 Å². The lowest BCUT2D eigenvalue weighted by Crippen LogP contribution is -2.44. The van der Waals surface area contributed by atoms with Crippen LogP contribution >= 0.6 is 0 Å². The van der Waals surface area contributed by atoms with Gasteiger partial charge in [0, 0.05) is 32.0 Å². The number of methoxy groups -OCH3 is 1. The first-order chi connectivity index (χ1) is 16.3. The number of rotatable bonds is 10. The molecule has 3 aromatic rings. The number of hydrogen-bond donors (Lipinski definition) is 3. The topological polar surface area (TPSA) is 122 Å². The molecular weight excluding hydrogens is 448 g/mol. The largest absolute Gasteiger partial charge is 0.385 e. The second kappa shape index (κ2) is 11.2. The number of amides is 1. The molecule has 0 saturated heterocycles. The Balaban J connectivity index is 1.93. The number of halogens is 2. The summed E-state index contributed by atoms with van der Waals surface area (Å²) in [5, 5.41) is 2.65. The molecule has 0 aliphatic carbocycles. The highest BCUT2D eigenvalue weighted by Crippen LogP contribution is 2.19. The zero-order valence-corrected chi connectivity index (χ0v) is 18.5. The Kier molecular flexibility index (Phi) is 8.14. The summed E-state index contributed by atoms with van der Waals surface area (Å²) in [5.41, 5.74) is 5.31. The van der Waals surface area contributed by atoms with Gasteiger partial charge in [0.15, 0.2) is 5.69 Å². The molecule has 0 saturated carbocycles. The minimum Gasteiger partial charge on any atom is -0.385 e. The minimum absolute atomic E-state index is 0.0543. The van der Waals surface area contributed by atoms with Crippen LogP contribution in [-0.2, 0) is 16.1 Å². The molecule has 1 amide bonds. The van der Waals surface area contributed by atoms with Gasteiger partial charge in [0.05, 0.1) is 13.1 Å². The van der Waals surface area contributed by atoms with Crippen LogP contribution in [0.1, 0.15) is 12.0 Å². The molecule has 0 aliphatic rings. The predicted octanol–water partition coefficient (Wildman–Crippen LogP) is 1.93. The molecule has 0 spiro atoms. The number of benzene rings is 2. The van der Waals surface area contributed by atoms with Gasteiger partial charge in [0.25, 0.3) is 5.56 Å². The number of carbonyl (C=O) groups excluding carboxylic acids is 1. The highest BCUT2D eigenvalue weighted by molar-refractivity contribution is 5.98. The van der Waals surface area contributed by atoms with Crippen molar-refractivity contribution < 1.29 is 18.3 Å². The lowest BCUT2D eigenvalue weighted by Gasteiger charge is -2.25. The molecule has 0 unspecified atom stereocenters. The van der Waals surface area contributed by atoms with Gasteiger partial charge in [-0.25, -0.2) is 13.6 Å². The number of nitrogens with one attached hydrogen (secondary N) is 2. The Morgan fingerprint density at radius 1 is 1.15 bits per heavy atom. The number of anilines is 3. The average molecular weight is 473 g/mol. The molecule has 0 aliphatic heterocycles. The van der Waals surface area contributed by atoms with E-state index >= 15 is 0 Å². The third kappa shape index (κ3) is 6.07. The molecule has 1 aromatic heterocycles. The van der Waals surface area contributed by atoms with Crippen LogP contribution in [0.2, 0.25) is 0 Å². The SMILES string of the molecule is COCCCN(C(=O)CNc1cc(F)cc(F)c1)c1c(N)n(Cc2ccccc2)c(=O)[nH]c1=O. The van der Waals surface area contributed by atoms with Gasteiger partial charge >= 0.3 is 5.69 Å². The Bertz CT molecular complexity index is 1240. The van der Waals surface area contributed by atoms with Crippen LogP contribution in [0.25, 0.3) is 0 Å². The number of H-pyrrole nitrogens is 1. The minimum atomic E-state index is -0.825. The number of hydrogen-bond acceptors (Lipinski definition) is 6. The van der Waals surface area contributed by atoms with Crippen molar-refractivity contribution in [3.63, 3.8) is 0 Å². The van der Waals surface area contributed by atoms with E-state index in [-0.39, 0.29) is 36.8 Å². The second-order valence-electron chi connectivity index (χ2n) is 7.47. The quantitative estimate of drug-likeness (QED) is 0.387. The Morgan fingerprint density at radius 2 is 1.82 bits per heavy atom. The number of carbonyl (C=O) groups is 1. The zero-order chi connectivity index (χ0) is 24.7. The lowest BCUT2D eigenvalue weighted by atomic mass is 10.2. The van der Waals surface area contributed by atoms with Crippen molar-refractivity contribution in [2.24, 2.45) is 0 Å². The van der Waals surface area contributed by atoms with E-state index in [1.165, 1.54) is 7.11 Å². The number of ether oxygens (including phenoxy) is 1. The van der Waals surface area contributed by atoms with Gasteiger partial charge < -0.3 is 20.7 Å². The number of aromatic amines is 1. The molecule has 9 nitrogen and oxygen atoms in total. The van der Waals surface area contributed by atoms with Crippen molar-refractivity contribution >= 4 is 23.1 Å². The zero-order valence-electron chi connectivity index (χ0n) is 18.5. The highest BCUT2D eigenvalue weighted by atomic mass is 19.1. The van der Waals surface area contributed by atoms with Gasteiger partial charge in [-0.1, -0.05) is 30.3 Å². The number of nitrogens with zero attached hydrogens (tertiary/aromatic N) is 2. The van der Waals surface area contributed by atoms with Crippen LogP contribution in [0.15, 0.2) is 58.1 Å². The summed E-state index contributed by atoms with van der Waals surface area (Å²) in [6.45, 7) is 0.0548. The van der Waals surface area contributed by atoms with Crippen molar-refractivity contribution in [2.75, 3.05) is 42.8 Å². The number of nitrogens with two attached hydrogens (primary N) is 1. The molecule has 11 heteroatoms. The molecule has 2 aromatic carbocycles. The molecule has 0 bridgehead atoms. The van der Waals surface area contributed by atoms with E-state index in [1.54, 1.807) is 24.3 Å². The van der Waals surface area contributed by atoms with Gasteiger partial charge in [-0.05, 0) is 24.1 Å². The monoisotopic (exact) mass is 473 g/mol. The fraction of sp³-hybridized carbons (Fsp3) is 0.261. The Labute approximate surface area is 193 Å². The summed E-state index contributed by atoms with van der Waals surface area (Å²) in [6.07, 6.45) is 0.369. The maximum absolute atomic E-state index is 13.5. The second-order valence-corrected chi connectivity index (χ2v) is 7.47. The van der Waals surface area contributed by atoms with E-state index in [0.717, 1.165) is 27.2 Å². The summed E-state index contributed by atoms with van der Waals surface area (Å²) < 4.78 is 33.1. The van der Waals surface area contributed by atoms with Crippen molar-refractivity contribution in [2.45, 2.75) is 13.0 Å². The van der Waals surface area contributed by atoms with Gasteiger partial charge in [-0.15, -0.1) is 0 Å². The first kappa shape index (κ1) is 24.6. The third-order valence-corrected chi connectivity index (χ3v) is 5.01. The average Bonchev–Trinajstić information content (AvgIpc) is 2.79. The molecular formula is C23H25F2N5O4. The molecule has 0 radical (unpaired) electrons. The summed E-state index contributed by atoms with van der Waals surface area (Å²) in [6, 6.07) is 11.8. The normalized spacial score (nSPS) is 10.8. The van der Waals surface area contributed by atoms with Crippen LogP contribution in [0.3, 0.4) is 0 Å². The maximum Gasteiger partial charge on any atom is 0.330 e. The van der Waals surface area contributed by atoms with E-state index in [0.29, 0.717) is 19.1 Å². The number of aromatic nitrogens is 2. The van der Waals surface area contributed by atoms with E-state index in [9.17, 15) is 23.2 Å². The van der Waals surface area contributed by atoms with Crippen LogP contribution in [0.5, 0.6) is 0 Å². The van der Waals surface area contributed by atoms with Gasteiger partial charge in [0.1, 0.15) is 17.5 Å². The maximum atomic E-state index is 13.5. The number of nitrogen functional groups attached to an aromatic ring is 1. The van der Waals surface area contributed by atoms with Crippen molar-refractivity contribution in [1.29, 1.82) is 0 Å². The first-order valence-electron chi connectivity index (χ1n) is 10.5. The molecule has 1 heterocycles. The lowest BCUT2D eigenvalue weighted by molar-refractivity contribution is -0.117. The summed E-state index contributed by atoms with van der Waals surface area (Å²) >= 11 is 0. The fourth-order valence-electron chi connectivity index (χ4n) is 3.42. The van der Waals surface area contributed by atoms with Crippen molar-refractivity contribution in [3.05, 3.63) is 86.6 Å². The van der Waals surface area contributed by atoms with Gasteiger partial charge in [0.2, 0.25) is 5.91 Å². The molecule has 4 N–H and O–H groups in total. The molecule has 0 fully saturated rings. The van der Waals surface area contributed by atoms with Crippen molar-refractivity contribution in [1.82, 2.24) is 9.55 Å². The van der Waals surface area contributed by atoms with E-state index < -0.39 is 28.8 Å². The van der Waals surface area contributed by atoms with Crippen molar-refractivity contribution in [3.8, 4) is 0 Å². The summed E-state index contributed by atoms with van der Waals surface area (Å²) in [7, 11) is 1.49. The van der Waals surface area contributed by atoms with Crippen LogP contribution < -0.4 is 27.2 Å². The van der Waals surface area contributed by atoms with E-state index in [1.807, 2.05) is 6.07 Å². The summed E-state index contributed by atoms with van der Waals surface area (Å²) in [5.74, 6) is -2.38. The van der Waals surface area contributed by atoms with E-state index in [4.69, 9.17) is 10.5 Å². The van der Waals surface area contributed by atoms with Crippen LogP contribution in [0.4, 0.5) is 26.0 Å². The Hall–Kier alpha value is -3.99. The molecule has 0 atom stereocenters. The van der Waals surface area contributed by atoms with Crippen LogP contribution in [-0.4, -0.2) is 42.3 Å². The third-order valence-electron chi connectivity index (χ3n) is 5.01. The molecule has 34 heavy (non-hydrogen) atoms. The summed E-state index contributed by atoms with van der Waals surface area (Å²) in [4.78, 5) is 41.6. The highest BCUT2D eigenvalue weighted by Gasteiger charge is 2.24.